The molecule has 217 valence electrons. The topological polar surface area (TPSA) is 51.8 Å². The summed E-state index contributed by atoms with van der Waals surface area (Å²) in [5, 5.41) is 3.34. The number of fused-ring (bicyclic) bond motifs is 6. The van der Waals surface area contributed by atoms with Gasteiger partial charge in [-0.05, 0) is 67.4 Å². The summed E-state index contributed by atoms with van der Waals surface area (Å²) in [6, 6.07) is 32.3. The van der Waals surface area contributed by atoms with E-state index in [2.05, 4.69) is 27.1 Å². The first-order chi connectivity index (χ1) is 25.8. The fraction of sp³-hybridized carbons (Fsp3) is 0.103. The van der Waals surface area contributed by atoms with Crippen LogP contribution in [0.25, 0.3) is 66.1 Å². The van der Waals surface area contributed by atoms with Gasteiger partial charge < -0.3 is 14.4 Å². The Hall–Kier alpha value is -4.70. The number of nitrogens with zero attached hydrogens (tertiary/aromatic N) is 3. The average Bonchev–Trinajstić information content (AvgIpc) is 3.50. The van der Waals surface area contributed by atoms with E-state index < -0.39 is 27.4 Å². The van der Waals surface area contributed by atoms with E-state index >= 15 is 0 Å². The summed E-state index contributed by atoms with van der Waals surface area (Å²) in [5.74, 6) is 0. The summed E-state index contributed by atoms with van der Waals surface area (Å²) >= 11 is 0. The minimum atomic E-state index is -2.67. The monoisotopic (exact) mass is 760 g/mol. The summed E-state index contributed by atoms with van der Waals surface area (Å²) in [4.78, 5) is 12.9. The summed E-state index contributed by atoms with van der Waals surface area (Å²) < 4.78 is 98.8. The third-order valence-corrected chi connectivity index (χ3v) is 7.16. The Morgan fingerprint density at radius 3 is 2.30 bits per heavy atom. The molecule has 0 spiro atoms. The molecule has 0 aliphatic heterocycles. The first kappa shape index (κ1) is 18.2. The van der Waals surface area contributed by atoms with E-state index in [1.807, 2.05) is 36.4 Å². The van der Waals surface area contributed by atoms with Gasteiger partial charge in [-0.1, -0.05) is 59.0 Å². The quantitative estimate of drug-likeness (QED) is 0.130. The van der Waals surface area contributed by atoms with E-state index in [9.17, 15) is 0 Å². The third kappa shape index (κ3) is 5.41. The fourth-order valence-electron chi connectivity index (χ4n) is 5.08. The number of hydrogen-bond donors (Lipinski definition) is 0. The first-order valence-electron chi connectivity index (χ1n) is 19.4. The molecule has 0 saturated heterocycles. The van der Waals surface area contributed by atoms with Crippen LogP contribution in [-0.2, 0) is 20.1 Å². The number of pyridine rings is 3. The van der Waals surface area contributed by atoms with Crippen molar-refractivity contribution in [2.24, 2.45) is 0 Å². The number of benzene rings is 4. The Kier molecular flexibility index (Phi) is 5.01. The molecule has 0 N–H and O–H groups in total. The van der Waals surface area contributed by atoms with Crippen LogP contribution < -0.4 is 0 Å². The van der Waals surface area contributed by atoms with E-state index in [0.717, 1.165) is 28.2 Å². The van der Waals surface area contributed by atoms with Crippen molar-refractivity contribution >= 4 is 43.6 Å². The average molecular weight is 760 g/mol. The zero-order valence-corrected chi connectivity index (χ0v) is 25.3. The fourth-order valence-corrected chi connectivity index (χ4v) is 5.08. The number of hydrogen-bond acceptors (Lipinski definition) is 4. The Balaban J connectivity index is 0.000000263. The zero-order chi connectivity index (χ0) is 39.5. The molecule has 4 aromatic carbocycles. The predicted octanol–water partition coefficient (Wildman–Crippen LogP) is 9.93. The van der Waals surface area contributed by atoms with Gasteiger partial charge >= 0.3 is 0 Å². The van der Waals surface area contributed by atoms with Crippen molar-refractivity contribution in [3.63, 3.8) is 0 Å². The molecule has 0 unspecified atom stereocenters. The second-order valence-electron chi connectivity index (χ2n) is 9.89. The summed E-state index contributed by atoms with van der Waals surface area (Å²) in [5.41, 5.74) is 3.19. The van der Waals surface area contributed by atoms with Crippen LogP contribution in [-0.4, -0.2) is 15.0 Å². The summed E-state index contributed by atoms with van der Waals surface area (Å²) in [7, 11) is 0. The van der Waals surface area contributed by atoms with Gasteiger partial charge in [0.15, 0.2) is 0 Å². The van der Waals surface area contributed by atoms with Gasteiger partial charge in [0.1, 0.15) is 5.58 Å². The number of aromatic nitrogens is 3. The maximum atomic E-state index is 8.00. The van der Waals surface area contributed by atoms with Gasteiger partial charge in [-0.15, -0.1) is 54.1 Å². The SMILES string of the molecule is [2H]C([2H])([2H])c1ccc(-c2[c-]cccc2)nc1.[2H]C([2H])([2H])c1cnc(-c2[c-]ccc3c2oc2cc4c(cc23)nc(C([2H])([2H])[2H])c2ccccc24)cc1C([2H])([2H])[2H].[Ir]. The van der Waals surface area contributed by atoms with Gasteiger partial charge in [0.05, 0.1) is 11.1 Å². The predicted molar refractivity (Wildman–Crippen MR) is 176 cm³/mol. The molecule has 44 heavy (non-hydrogen) atoms. The van der Waals surface area contributed by atoms with E-state index in [1.165, 1.54) is 12.3 Å². The smallest absolute Gasteiger partial charge is 0.121 e. The van der Waals surface area contributed by atoms with Crippen molar-refractivity contribution < 1.29 is 41.0 Å². The molecular formula is C39H29IrN3O-2. The summed E-state index contributed by atoms with van der Waals surface area (Å²) in [6.07, 6.45) is 2.46. The van der Waals surface area contributed by atoms with E-state index in [-0.39, 0.29) is 48.2 Å². The third-order valence-electron chi connectivity index (χ3n) is 7.16. The molecule has 1 radical (unpaired) electrons. The molecule has 0 saturated carbocycles. The van der Waals surface area contributed by atoms with Crippen LogP contribution in [0.1, 0.15) is 38.8 Å². The van der Waals surface area contributed by atoms with Crippen LogP contribution in [0.5, 0.6) is 0 Å². The normalized spacial score (nSPS) is 16.2. The van der Waals surface area contributed by atoms with Crippen LogP contribution >= 0.6 is 0 Å². The van der Waals surface area contributed by atoms with Crippen molar-refractivity contribution in [3.05, 3.63) is 138 Å². The second kappa shape index (κ2) is 12.1. The molecule has 0 bridgehead atoms. The number of aryl methyl sites for hydroxylation is 4. The molecule has 5 heteroatoms. The van der Waals surface area contributed by atoms with Gasteiger partial charge in [-0.3, -0.25) is 4.98 Å². The molecule has 8 rings (SSSR count). The minimum absolute atomic E-state index is 0. The van der Waals surface area contributed by atoms with Crippen LogP contribution in [0.3, 0.4) is 0 Å². The van der Waals surface area contributed by atoms with Crippen molar-refractivity contribution in [3.8, 4) is 22.5 Å². The molecule has 0 aliphatic carbocycles. The zero-order valence-electron chi connectivity index (χ0n) is 34.9. The molecule has 0 fully saturated rings. The standard InChI is InChI=1S/C27H19N2O.C12H10N.Ir/c1-15-11-24(28-14-16(15)2)21-10-6-9-20-23-12-25-22(13-26(23)30-27(20)21)19-8-5-4-7-18(19)17(3)29-25;1-10-7-8-12(13-9-10)11-5-3-2-4-6-11;/h4-9,11-14H,1-3H3;2-5,7-9H,1H3;/q2*-1;/i1D3,2D3,3D3;1D3;. The van der Waals surface area contributed by atoms with E-state index in [4.69, 9.17) is 20.9 Å². The first-order valence-corrected chi connectivity index (χ1v) is 13.4. The maximum absolute atomic E-state index is 8.00. The summed E-state index contributed by atoms with van der Waals surface area (Å²) in [6.45, 7) is -9.82. The van der Waals surface area contributed by atoms with E-state index in [1.54, 1.807) is 48.5 Å². The molecule has 0 amide bonds. The van der Waals surface area contributed by atoms with E-state index in [0.29, 0.717) is 38.4 Å². The van der Waals surface area contributed by atoms with Crippen LogP contribution in [0, 0.1) is 39.5 Å². The molecule has 8 aromatic rings. The molecule has 4 nitrogen and oxygen atoms in total. The van der Waals surface area contributed by atoms with Crippen LogP contribution in [0.2, 0.25) is 0 Å². The molecular weight excluding hydrogens is 719 g/mol. The van der Waals surface area contributed by atoms with Gasteiger partial charge in [0, 0.05) is 70.8 Å². The van der Waals surface area contributed by atoms with Crippen molar-refractivity contribution in [1.29, 1.82) is 0 Å². The molecule has 4 heterocycles. The van der Waals surface area contributed by atoms with Crippen LogP contribution in [0.4, 0.5) is 0 Å². The van der Waals surface area contributed by atoms with Gasteiger partial charge in [0.25, 0.3) is 0 Å². The van der Waals surface area contributed by atoms with Crippen LogP contribution in [0.15, 0.2) is 108 Å². The largest absolute Gasteiger partial charge is 0.501 e. The molecule has 0 atom stereocenters. The minimum Gasteiger partial charge on any atom is -0.501 e. The Morgan fingerprint density at radius 1 is 0.659 bits per heavy atom. The van der Waals surface area contributed by atoms with Gasteiger partial charge in [-0.25, -0.2) is 0 Å². The van der Waals surface area contributed by atoms with Crippen molar-refractivity contribution in [1.82, 2.24) is 15.0 Å². The van der Waals surface area contributed by atoms with Gasteiger partial charge in [-0.2, -0.15) is 0 Å². The van der Waals surface area contributed by atoms with Gasteiger partial charge in [0.2, 0.25) is 0 Å². The van der Waals surface area contributed by atoms with Crippen molar-refractivity contribution in [2.45, 2.75) is 27.4 Å². The number of furan rings is 1. The van der Waals surface area contributed by atoms with Crippen molar-refractivity contribution in [2.75, 3.05) is 0 Å². The molecule has 0 aliphatic rings. The second-order valence-corrected chi connectivity index (χ2v) is 9.89. The Bertz CT molecular complexity index is 2700. The molecule has 4 aromatic heterocycles. The maximum Gasteiger partial charge on any atom is 0.121 e. The Labute approximate surface area is 287 Å². The Morgan fingerprint density at radius 2 is 1.52 bits per heavy atom. The number of rotatable bonds is 2.